The number of rotatable bonds is 44. The van der Waals surface area contributed by atoms with Crippen LogP contribution in [-0.4, -0.2) is 72.2 Å². The monoisotopic (exact) mass is 743 g/mol. The first-order valence-corrected chi connectivity index (χ1v) is 22.7. The van der Waals surface area contributed by atoms with Crippen LogP contribution in [0.2, 0.25) is 0 Å². The van der Waals surface area contributed by atoms with E-state index < -0.39 is 6.16 Å². The number of unbranched alkanes of at least 4 members (excludes halogenated alkanes) is 30. The summed E-state index contributed by atoms with van der Waals surface area (Å²) in [5, 5.41) is 0. The highest BCUT2D eigenvalue weighted by Gasteiger charge is 2.15. The van der Waals surface area contributed by atoms with Crippen LogP contribution in [0.5, 0.6) is 0 Å². The molecule has 0 aliphatic carbocycles. The standard InChI is InChI=1S/C45H90O7/c1-5-7-9-11-13-15-17-19-21-23-25-27-29-31-33-35-37-49-39-43(47-3)41-51-45(46)52-42-44(48-4)40-50-38-36-34-32-30-28-26-24-22-20-18-16-14-12-10-8-6-2/h43-44H,5-42H2,1-4H3/t43-,44-/m0/s1. The summed E-state index contributed by atoms with van der Waals surface area (Å²) in [5.74, 6) is 0. The number of hydrogen-bond acceptors (Lipinski definition) is 7. The predicted molar refractivity (Wildman–Crippen MR) is 220 cm³/mol. The van der Waals surface area contributed by atoms with E-state index in [4.69, 9.17) is 28.4 Å². The van der Waals surface area contributed by atoms with Gasteiger partial charge in [-0.25, -0.2) is 4.79 Å². The van der Waals surface area contributed by atoms with E-state index in [0.29, 0.717) is 26.4 Å². The van der Waals surface area contributed by atoms with Crippen LogP contribution in [0.25, 0.3) is 0 Å². The maximum Gasteiger partial charge on any atom is 0.508 e. The third-order valence-corrected chi connectivity index (χ3v) is 10.3. The van der Waals surface area contributed by atoms with Crippen molar-refractivity contribution >= 4 is 6.16 Å². The molecule has 0 saturated heterocycles. The molecule has 52 heavy (non-hydrogen) atoms. The number of carbonyl (C=O) groups is 1. The molecular formula is C45H90O7. The minimum absolute atomic E-state index is 0.0989. The Hall–Kier alpha value is -0.890. The number of hydrogen-bond donors (Lipinski definition) is 0. The first-order chi connectivity index (χ1) is 25.7. The summed E-state index contributed by atoms with van der Waals surface area (Å²) in [4.78, 5) is 12.1. The highest BCUT2D eigenvalue weighted by molar-refractivity contribution is 5.59. The third kappa shape index (κ3) is 40.3. The molecule has 7 heteroatoms. The van der Waals surface area contributed by atoms with E-state index >= 15 is 0 Å². The zero-order valence-corrected chi connectivity index (χ0v) is 35.4. The lowest BCUT2D eigenvalue weighted by atomic mass is 10.0. The summed E-state index contributed by atoms with van der Waals surface area (Å²) in [6, 6.07) is 0. The average Bonchev–Trinajstić information content (AvgIpc) is 3.16. The molecule has 312 valence electrons. The predicted octanol–water partition coefficient (Wildman–Crippen LogP) is 13.7. The molecule has 0 aromatic heterocycles. The van der Waals surface area contributed by atoms with Gasteiger partial charge in [0.25, 0.3) is 0 Å². The van der Waals surface area contributed by atoms with Gasteiger partial charge in [-0.1, -0.05) is 206 Å². The molecule has 0 aromatic rings. The van der Waals surface area contributed by atoms with Crippen molar-refractivity contribution in [2.24, 2.45) is 0 Å². The van der Waals surface area contributed by atoms with E-state index in [9.17, 15) is 4.79 Å². The number of methoxy groups -OCH3 is 2. The molecule has 0 spiro atoms. The molecule has 0 fully saturated rings. The van der Waals surface area contributed by atoms with Gasteiger partial charge >= 0.3 is 6.16 Å². The molecule has 0 bridgehead atoms. The Morgan fingerprint density at radius 3 is 0.808 bits per heavy atom. The summed E-state index contributed by atoms with van der Waals surface area (Å²) in [7, 11) is 3.21. The molecule has 7 nitrogen and oxygen atoms in total. The second-order valence-corrected chi connectivity index (χ2v) is 15.3. The SMILES string of the molecule is CCCCCCCCCCCCCCCCCCOC[C@@H](COC(=O)OC[C@H](COCCCCCCCCCCCCCCCCCC)OC)OC. The van der Waals surface area contributed by atoms with Crippen LogP contribution in [0.4, 0.5) is 4.79 Å². The van der Waals surface area contributed by atoms with Crippen LogP contribution in [0.15, 0.2) is 0 Å². The molecule has 0 unspecified atom stereocenters. The maximum absolute atomic E-state index is 12.1. The number of carbonyl (C=O) groups excluding carboxylic acids is 1. The smallest absolute Gasteiger partial charge is 0.431 e. The maximum atomic E-state index is 12.1. The lowest BCUT2D eigenvalue weighted by molar-refractivity contribution is -0.0567. The Labute approximate surface area is 324 Å². The lowest BCUT2D eigenvalue weighted by Crippen LogP contribution is -2.29. The van der Waals surface area contributed by atoms with Crippen LogP contribution >= 0.6 is 0 Å². The minimum atomic E-state index is -0.722. The van der Waals surface area contributed by atoms with Crippen molar-refractivity contribution in [2.75, 3.05) is 53.9 Å². The lowest BCUT2D eigenvalue weighted by Gasteiger charge is -2.17. The van der Waals surface area contributed by atoms with E-state index in [1.807, 2.05) is 0 Å². The molecule has 0 aliphatic heterocycles. The molecule has 0 saturated carbocycles. The third-order valence-electron chi connectivity index (χ3n) is 10.3. The second kappa shape index (κ2) is 44.5. The van der Waals surface area contributed by atoms with Crippen molar-refractivity contribution in [3.05, 3.63) is 0 Å². The van der Waals surface area contributed by atoms with Crippen LogP contribution in [-0.2, 0) is 28.4 Å². The van der Waals surface area contributed by atoms with E-state index in [0.717, 1.165) is 12.8 Å². The van der Waals surface area contributed by atoms with Gasteiger partial charge in [-0.05, 0) is 12.8 Å². The van der Waals surface area contributed by atoms with Crippen molar-refractivity contribution in [3.8, 4) is 0 Å². The van der Waals surface area contributed by atoms with Gasteiger partial charge in [0.15, 0.2) is 0 Å². The summed E-state index contributed by atoms with van der Waals surface area (Å²) >= 11 is 0. The van der Waals surface area contributed by atoms with Crippen LogP contribution in [0.3, 0.4) is 0 Å². The Kier molecular flexibility index (Phi) is 43.7. The van der Waals surface area contributed by atoms with Gasteiger partial charge in [-0.3, -0.25) is 0 Å². The first kappa shape index (κ1) is 51.1. The van der Waals surface area contributed by atoms with Crippen LogP contribution < -0.4 is 0 Å². The van der Waals surface area contributed by atoms with Gasteiger partial charge in [0.05, 0.1) is 13.2 Å². The molecule has 2 atom stereocenters. The van der Waals surface area contributed by atoms with Crippen molar-refractivity contribution < 1.29 is 33.2 Å². The second-order valence-electron chi connectivity index (χ2n) is 15.3. The fourth-order valence-corrected chi connectivity index (χ4v) is 6.67. The normalized spacial score (nSPS) is 12.7. The van der Waals surface area contributed by atoms with Crippen molar-refractivity contribution in [1.82, 2.24) is 0 Å². The van der Waals surface area contributed by atoms with Crippen molar-refractivity contribution in [3.63, 3.8) is 0 Å². The molecule has 0 heterocycles. The summed E-state index contributed by atoms with van der Waals surface area (Å²) in [5.41, 5.74) is 0. The van der Waals surface area contributed by atoms with Gasteiger partial charge in [-0.2, -0.15) is 0 Å². The van der Waals surface area contributed by atoms with Gasteiger partial charge in [-0.15, -0.1) is 0 Å². The Morgan fingerprint density at radius 1 is 0.346 bits per heavy atom. The molecule has 0 rings (SSSR count). The highest BCUT2D eigenvalue weighted by atomic mass is 16.7. The Morgan fingerprint density at radius 2 is 0.577 bits per heavy atom. The molecule has 0 amide bonds. The van der Waals surface area contributed by atoms with Crippen molar-refractivity contribution in [1.29, 1.82) is 0 Å². The fraction of sp³-hybridized carbons (Fsp3) is 0.978. The minimum Gasteiger partial charge on any atom is -0.431 e. The zero-order chi connectivity index (χ0) is 37.8. The molecule has 0 aromatic carbocycles. The van der Waals surface area contributed by atoms with Crippen LogP contribution in [0.1, 0.15) is 219 Å². The van der Waals surface area contributed by atoms with E-state index in [1.54, 1.807) is 14.2 Å². The van der Waals surface area contributed by atoms with E-state index in [-0.39, 0.29) is 25.4 Å². The van der Waals surface area contributed by atoms with Crippen LogP contribution in [0, 0.1) is 0 Å². The first-order valence-electron chi connectivity index (χ1n) is 22.7. The van der Waals surface area contributed by atoms with Crippen molar-refractivity contribution in [2.45, 2.75) is 232 Å². The Balaban J connectivity index is 3.53. The molecule has 0 aliphatic rings. The van der Waals surface area contributed by atoms with Gasteiger partial charge in [0.1, 0.15) is 25.4 Å². The van der Waals surface area contributed by atoms with Gasteiger partial charge < -0.3 is 28.4 Å². The van der Waals surface area contributed by atoms with E-state index in [2.05, 4.69) is 13.8 Å². The molecular weight excluding hydrogens is 652 g/mol. The van der Waals surface area contributed by atoms with Gasteiger partial charge in [0, 0.05) is 27.4 Å². The Bertz CT molecular complexity index is 622. The topological polar surface area (TPSA) is 72.5 Å². The zero-order valence-electron chi connectivity index (χ0n) is 35.4. The summed E-state index contributed by atoms with van der Waals surface area (Å²) < 4.78 is 32.9. The quantitative estimate of drug-likeness (QED) is 0.0454. The number of ether oxygens (including phenoxy) is 6. The average molecular weight is 743 g/mol. The summed E-state index contributed by atoms with van der Waals surface area (Å²) in [6.45, 7) is 6.98. The fourth-order valence-electron chi connectivity index (χ4n) is 6.67. The summed E-state index contributed by atoms with van der Waals surface area (Å²) in [6.07, 6.45) is 42.1. The largest absolute Gasteiger partial charge is 0.508 e. The van der Waals surface area contributed by atoms with Gasteiger partial charge in [0.2, 0.25) is 0 Å². The molecule has 0 radical (unpaired) electrons. The highest BCUT2D eigenvalue weighted by Crippen LogP contribution is 2.15. The van der Waals surface area contributed by atoms with E-state index in [1.165, 1.54) is 193 Å². The molecule has 0 N–H and O–H groups in total.